The lowest BCUT2D eigenvalue weighted by molar-refractivity contribution is -0.130. The molecule has 1 aromatic carbocycles. The number of nitrogens with zero attached hydrogens (tertiary/aromatic N) is 3. The first-order valence-electron chi connectivity index (χ1n) is 9.67. The lowest BCUT2D eigenvalue weighted by Crippen LogP contribution is -2.36. The monoisotopic (exact) mass is 368 g/mol. The van der Waals surface area contributed by atoms with E-state index in [4.69, 9.17) is 0 Å². The zero-order chi connectivity index (χ0) is 19.6. The Labute approximate surface area is 160 Å². The second kappa shape index (κ2) is 7.94. The fourth-order valence-corrected chi connectivity index (χ4v) is 3.69. The van der Waals surface area contributed by atoms with Crippen molar-refractivity contribution in [1.82, 2.24) is 14.7 Å². The van der Waals surface area contributed by atoms with Crippen molar-refractivity contribution in [2.24, 2.45) is 5.92 Å². The van der Waals surface area contributed by atoms with Crippen LogP contribution in [0.3, 0.4) is 0 Å². The lowest BCUT2D eigenvalue weighted by Gasteiger charge is -2.26. The lowest BCUT2D eigenvalue weighted by atomic mass is 10.1. The molecule has 0 radical (unpaired) electrons. The summed E-state index contributed by atoms with van der Waals surface area (Å²) < 4.78 is 1.74. The van der Waals surface area contributed by atoms with Crippen LogP contribution in [0.5, 0.6) is 0 Å². The Bertz CT molecular complexity index is 821. The van der Waals surface area contributed by atoms with Crippen LogP contribution in [0.4, 0.5) is 5.82 Å². The number of nitrogens with one attached hydrogen (secondary N) is 1. The maximum atomic E-state index is 12.8. The Morgan fingerprint density at radius 3 is 2.52 bits per heavy atom. The van der Waals surface area contributed by atoms with Gasteiger partial charge in [0, 0.05) is 25.1 Å². The molecule has 0 bridgehead atoms. The van der Waals surface area contributed by atoms with Crippen LogP contribution in [-0.2, 0) is 9.59 Å². The van der Waals surface area contributed by atoms with Gasteiger partial charge in [0.1, 0.15) is 5.82 Å². The maximum Gasteiger partial charge on any atom is 0.230 e. The topological polar surface area (TPSA) is 67.2 Å². The minimum absolute atomic E-state index is 0.0760. The highest BCUT2D eigenvalue weighted by Crippen LogP contribution is 2.25. The molecular formula is C21H28N4O2. The van der Waals surface area contributed by atoms with E-state index in [0.717, 1.165) is 24.2 Å². The molecule has 2 aromatic rings. The summed E-state index contributed by atoms with van der Waals surface area (Å²) in [6.07, 6.45) is 2.10. The molecule has 6 nitrogen and oxygen atoms in total. The summed E-state index contributed by atoms with van der Waals surface area (Å²) in [7, 11) is 0. The van der Waals surface area contributed by atoms with Crippen LogP contribution in [0, 0.1) is 19.8 Å². The molecule has 27 heavy (non-hydrogen) atoms. The van der Waals surface area contributed by atoms with Gasteiger partial charge in [-0.3, -0.25) is 9.59 Å². The van der Waals surface area contributed by atoms with Gasteiger partial charge in [-0.05, 0) is 38.8 Å². The number of aryl methyl sites for hydroxylation is 2. The SMILES string of the molecule is CCC(CC)N1CC(C(=O)Nc2cc(C)nn2-c2ccc(C)cc2)CC1=O. The molecule has 3 rings (SSSR count). The van der Waals surface area contributed by atoms with E-state index >= 15 is 0 Å². The van der Waals surface area contributed by atoms with Crippen molar-refractivity contribution in [3.05, 3.63) is 41.6 Å². The van der Waals surface area contributed by atoms with Crippen molar-refractivity contribution in [3.8, 4) is 5.69 Å². The maximum absolute atomic E-state index is 12.8. The molecule has 1 N–H and O–H groups in total. The average Bonchev–Trinajstić information content (AvgIpc) is 3.20. The van der Waals surface area contributed by atoms with Crippen molar-refractivity contribution in [2.75, 3.05) is 11.9 Å². The number of hydrogen-bond acceptors (Lipinski definition) is 3. The van der Waals surface area contributed by atoms with E-state index in [1.54, 1.807) is 4.68 Å². The number of carbonyl (C=O) groups excluding carboxylic acids is 2. The number of likely N-dealkylation sites (tertiary alicyclic amines) is 1. The molecule has 1 atom stereocenters. The molecule has 1 unspecified atom stereocenters. The van der Waals surface area contributed by atoms with E-state index in [0.29, 0.717) is 12.4 Å². The van der Waals surface area contributed by atoms with Crippen molar-refractivity contribution in [3.63, 3.8) is 0 Å². The molecule has 1 aliphatic rings. The van der Waals surface area contributed by atoms with Gasteiger partial charge in [-0.15, -0.1) is 0 Å². The summed E-state index contributed by atoms with van der Waals surface area (Å²) in [4.78, 5) is 27.0. The summed E-state index contributed by atoms with van der Waals surface area (Å²) in [5, 5.41) is 7.48. The number of aromatic nitrogens is 2. The average molecular weight is 368 g/mol. The zero-order valence-corrected chi connectivity index (χ0v) is 16.5. The van der Waals surface area contributed by atoms with Gasteiger partial charge in [-0.25, -0.2) is 4.68 Å². The minimum Gasteiger partial charge on any atom is -0.339 e. The van der Waals surface area contributed by atoms with Gasteiger partial charge in [-0.1, -0.05) is 31.5 Å². The summed E-state index contributed by atoms with van der Waals surface area (Å²) in [6, 6.07) is 10.1. The van der Waals surface area contributed by atoms with E-state index in [1.807, 2.05) is 49.1 Å². The largest absolute Gasteiger partial charge is 0.339 e. The predicted molar refractivity (Wildman–Crippen MR) is 106 cm³/mol. The zero-order valence-electron chi connectivity index (χ0n) is 16.5. The van der Waals surface area contributed by atoms with Crippen LogP contribution in [0.2, 0.25) is 0 Å². The summed E-state index contributed by atoms with van der Waals surface area (Å²) in [6.45, 7) is 8.59. The molecule has 0 saturated carbocycles. The van der Waals surface area contributed by atoms with Gasteiger partial charge < -0.3 is 10.2 Å². The number of rotatable bonds is 6. The number of amides is 2. The fourth-order valence-electron chi connectivity index (χ4n) is 3.69. The molecule has 2 amide bonds. The third kappa shape index (κ3) is 4.04. The third-order valence-corrected chi connectivity index (χ3v) is 5.27. The number of carbonyl (C=O) groups is 2. The first kappa shape index (κ1) is 19.1. The van der Waals surface area contributed by atoms with Gasteiger partial charge in [0.2, 0.25) is 11.8 Å². The van der Waals surface area contributed by atoms with E-state index in [2.05, 4.69) is 24.3 Å². The van der Waals surface area contributed by atoms with Gasteiger partial charge in [0.15, 0.2) is 0 Å². The smallest absolute Gasteiger partial charge is 0.230 e. The van der Waals surface area contributed by atoms with Crippen molar-refractivity contribution in [2.45, 2.75) is 53.0 Å². The van der Waals surface area contributed by atoms with Crippen LogP contribution in [0.25, 0.3) is 5.69 Å². The van der Waals surface area contributed by atoms with Crippen LogP contribution < -0.4 is 5.32 Å². The van der Waals surface area contributed by atoms with E-state index < -0.39 is 0 Å². The first-order valence-corrected chi connectivity index (χ1v) is 9.67. The Kier molecular flexibility index (Phi) is 5.63. The molecule has 144 valence electrons. The highest BCUT2D eigenvalue weighted by atomic mass is 16.2. The number of hydrogen-bond donors (Lipinski definition) is 1. The summed E-state index contributed by atoms with van der Waals surface area (Å²) in [5.74, 6) is 0.270. The highest BCUT2D eigenvalue weighted by molar-refractivity contribution is 5.97. The molecular weight excluding hydrogens is 340 g/mol. The van der Waals surface area contributed by atoms with Gasteiger partial charge >= 0.3 is 0 Å². The van der Waals surface area contributed by atoms with Gasteiger partial charge in [0.05, 0.1) is 17.3 Å². The predicted octanol–water partition coefficient (Wildman–Crippen LogP) is 3.46. The third-order valence-electron chi connectivity index (χ3n) is 5.27. The summed E-state index contributed by atoms with van der Waals surface area (Å²) >= 11 is 0. The quantitative estimate of drug-likeness (QED) is 0.849. The van der Waals surface area contributed by atoms with Crippen LogP contribution >= 0.6 is 0 Å². The fraction of sp³-hybridized carbons (Fsp3) is 0.476. The van der Waals surface area contributed by atoms with E-state index in [9.17, 15) is 9.59 Å². The molecule has 1 aromatic heterocycles. The summed E-state index contributed by atoms with van der Waals surface area (Å²) in [5.41, 5.74) is 2.89. The van der Waals surface area contributed by atoms with Crippen LogP contribution in [0.15, 0.2) is 30.3 Å². The molecule has 2 heterocycles. The highest BCUT2D eigenvalue weighted by Gasteiger charge is 2.37. The Balaban J connectivity index is 1.75. The number of benzene rings is 1. The number of anilines is 1. The van der Waals surface area contributed by atoms with E-state index in [-0.39, 0.29) is 30.2 Å². The van der Waals surface area contributed by atoms with Crippen molar-refractivity contribution < 1.29 is 9.59 Å². The van der Waals surface area contributed by atoms with Crippen molar-refractivity contribution >= 4 is 17.6 Å². The Morgan fingerprint density at radius 1 is 1.22 bits per heavy atom. The standard InChI is InChI=1S/C21H28N4O2/c1-5-17(6-2)24-13-16(12-20(24)26)21(27)22-19-11-15(4)23-25(19)18-9-7-14(3)8-10-18/h7-11,16-17H,5-6,12-13H2,1-4H3,(H,22,27). The second-order valence-electron chi connectivity index (χ2n) is 7.33. The van der Waals surface area contributed by atoms with Crippen LogP contribution in [0.1, 0.15) is 44.4 Å². The van der Waals surface area contributed by atoms with E-state index in [1.165, 1.54) is 5.56 Å². The molecule has 1 saturated heterocycles. The van der Waals surface area contributed by atoms with Gasteiger partial charge in [-0.2, -0.15) is 5.10 Å². The first-order chi connectivity index (χ1) is 12.9. The van der Waals surface area contributed by atoms with Crippen LogP contribution in [-0.4, -0.2) is 39.1 Å². The Hall–Kier alpha value is -2.63. The molecule has 0 aliphatic carbocycles. The second-order valence-corrected chi connectivity index (χ2v) is 7.33. The Morgan fingerprint density at radius 2 is 1.89 bits per heavy atom. The minimum atomic E-state index is -0.320. The normalized spacial score (nSPS) is 17.0. The molecule has 6 heteroatoms. The van der Waals surface area contributed by atoms with Gasteiger partial charge in [0.25, 0.3) is 0 Å². The molecule has 1 aliphatic heterocycles. The molecule has 1 fully saturated rings. The molecule has 0 spiro atoms. The van der Waals surface area contributed by atoms with Crippen molar-refractivity contribution in [1.29, 1.82) is 0 Å².